The van der Waals surface area contributed by atoms with E-state index in [2.05, 4.69) is 42.0 Å². The fraction of sp³-hybridized carbons (Fsp3) is 0.625. The van der Waals surface area contributed by atoms with E-state index in [0.717, 1.165) is 25.9 Å². The lowest BCUT2D eigenvalue weighted by Crippen LogP contribution is -2.26. The van der Waals surface area contributed by atoms with Crippen molar-refractivity contribution < 1.29 is 8.78 Å². The Labute approximate surface area is 129 Å². The third-order valence-electron chi connectivity index (χ3n) is 3.30. The first kappa shape index (κ1) is 17.6. The molecule has 114 valence electrons. The molecule has 4 heteroatoms. The predicted octanol–water partition coefficient (Wildman–Crippen LogP) is 4.93. The van der Waals surface area contributed by atoms with Crippen molar-refractivity contribution in [1.29, 1.82) is 0 Å². The molecule has 0 aliphatic carbocycles. The van der Waals surface area contributed by atoms with Crippen LogP contribution in [0.25, 0.3) is 0 Å². The Morgan fingerprint density at radius 3 is 2.55 bits per heavy atom. The highest BCUT2D eigenvalue weighted by molar-refractivity contribution is 9.10. The van der Waals surface area contributed by atoms with E-state index in [-0.39, 0.29) is 11.5 Å². The topological polar surface area (TPSA) is 12.0 Å². The maximum atomic E-state index is 14.0. The molecule has 20 heavy (non-hydrogen) atoms. The SMILES string of the molecule is CCCNCC(Cc1c(F)ccc(Br)c1F)CC(C)C. The van der Waals surface area contributed by atoms with Crippen molar-refractivity contribution in [3.05, 3.63) is 33.8 Å². The van der Waals surface area contributed by atoms with Crippen LogP contribution in [-0.2, 0) is 6.42 Å². The van der Waals surface area contributed by atoms with Crippen LogP contribution < -0.4 is 5.32 Å². The van der Waals surface area contributed by atoms with Gasteiger partial charge in [-0.05, 0) is 72.3 Å². The van der Waals surface area contributed by atoms with Gasteiger partial charge in [-0.3, -0.25) is 0 Å². The zero-order valence-corrected chi connectivity index (χ0v) is 14.1. The minimum absolute atomic E-state index is 0.198. The van der Waals surface area contributed by atoms with Crippen molar-refractivity contribution in [3.63, 3.8) is 0 Å². The van der Waals surface area contributed by atoms with Crippen molar-refractivity contribution in [2.24, 2.45) is 11.8 Å². The number of nitrogens with one attached hydrogen (secondary N) is 1. The summed E-state index contributed by atoms with van der Waals surface area (Å²) in [4.78, 5) is 0. The fourth-order valence-electron chi connectivity index (χ4n) is 2.43. The Morgan fingerprint density at radius 1 is 1.25 bits per heavy atom. The molecule has 0 spiro atoms. The molecule has 1 atom stereocenters. The van der Waals surface area contributed by atoms with E-state index < -0.39 is 11.6 Å². The summed E-state index contributed by atoms with van der Waals surface area (Å²) >= 11 is 3.13. The smallest absolute Gasteiger partial charge is 0.143 e. The Bertz CT molecular complexity index is 421. The van der Waals surface area contributed by atoms with Gasteiger partial charge in [0.05, 0.1) is 4.47 Å². The van der Waals surface area contributed by atoms with Crippen LogP contribution in [0.2, 0.25) is 0 Å². The van der Waals surface area contributed by atoms with E-state index in [4.69, 9.17) is 0 Å². The van der Waals surface area contributed by atoms with Gasteiger partial charge < -0.3 is 5.32 Å². The molecule has 0 saturated heterocycles. The molecule has 0 radical (unpaired) electrons. The average Bonchev–Trinajstić information content (AvgIpc) is 2.38. The molecule has 0 amide bonds. The van der Waals surface area contributed by atoms with Gasteiger partial charge >= 0.3 is 0 Å². The molecule has 0 aromatic heterocycles. The van der Waals surface area contributed by atoms with Crippen molar-refractivity contribution >= 4 is 15.9 Å². The average molecular weight is 348 g/mol. The van der Waals surface area contributed by atoms with Gasteiger partial charge in [-0.1, -0.05) is 20.8 Å². The molecule has 0 aliphatic rings. The highest BCUT2D eigenvalue weighted by Crippen LogP contribution is 2.26. The van der Waals surface area contributed by atoms with Crippen LogP contribution in [0.15, 0.2) is 16.6 Å². The first-order valence-corrected chi connectivity index (χ1v) is 8.08. The summed E-state index contributed by atoms with van der Waals surface area (Å²) in [6, 6.07) is 2.75. The zero-order valence-electron chi connectivity index (χ0n) is 12.5. The zero-order chi connectivity index (χ0) is 15.1. The summed E-state index contributed by atoms with van der Waals surface area (Å²) in [6.07, 6.45) is 2.46. The van der Waals surface area contributed by atoms with Crippen molar-refractivity contribution in [2.75, 3.05) is 13.1 Å². The largest absolute Gasteiger partial charge is 0.316 e. The van der Waals surface area contributed by atoms with E-state index in [1.54, 1.807) is 0 Å². The van der Waals surface area contributed by atoms with Gasteiger partial charge in [-0.15, -0.1) is 0 Å². The molecule has 0 saturated carbocycles. The number of hydrogen-bond acceptors (Lipinski definition) is 1. The summed E-state index contributed by atoms with van der Waals surface area (Å²) in [5, 5.41) is 3.36. The van der Waals surface area contributed by atoms with Crippen LogP contribution in [0.1, 0.15) is 39.2 Å². The van der Waals surface area contributed by atoms with Crippen molar-refractivity contribution in [3.8, 4) is 0 Å². The number of rotatable bonds is 8. The Kier molecular flexibility index (Phi) is 7.67. The Morgan fingerprint density at radius 2 is 1.95 bits per heavy atom. The second-order valence-electron chi connectivity index (χ2n) is 5.73. The van der Waals surface area contributed by atoms with E-state index >= 15 is 0 Å². The molecule has 0 heterocycles. The van der Waals surface area contributed by atoms with Gasteiger partial charge in [-0.25, -0.2) is 8.78 Å². The molecule has 1 N–H and O–H groups in total. The third kappa shape index (κ3) is 5.49. The number of benzene rings is 1. The Balaban J connectivity index is 2.80. The van der Waals surface area contributed by atoms with Gasteiger partial charge in [0.15, 0.2) is 0 Å². The molecule has 0 aliphatic heterocycles. The van der Waals surface area contributed by atoms with E-state index in [0.29, 0.717) is 16.8 Å². The molecule has 0 bridgehead atoms. The minimum atomic E-state index is -0.464. The summed E-state index contributed by atoms with van der Waals surface area (Å²) < 4.78 is 28.2. The van der Waals surface area contributed by atoms with Crippen molar-refractivity contribution in [2.45, 2.75) is 40.0 Å². The van der Waals surface area contributed by atoms with Crippen LogP contribution in [0.4, 0.5) is 8.78 Å². The van der Waals surface area contributed by atoms with Crippen molar-refractivity contribution in [1.82, 2.24) is 5.32 Å². The molecule has 1 nitrogen and oxygen atoms in total. The van der Waals surface area contributed by atoms with Crippen LogP contribution >= 0.6 is 15.9 Å². The molecular weight excluding hydrogens is 324 g/mol. The standard InChI is InChI=1S/C16H24BrF2N/c1-4-7-20-10-12(8-11(2)3)9-13-15(18)6-5-14(17)16(13)19/h5-6,11-12,20H,4,7-10H2,1-3H3. The first-order chi connectivity index (χ1) is 9.45. The van der Waals surface area contributed by atoms with Crippen LogP contribution in [0.5, 0.6) is 0 Å². The minimum Gasteiger partial charge on any atom is -0.316 e. The quantitative estimate of drug-likeness (QED) is 0.519. The van der Waals surface area contributed by atoms with Crippen LogP contribution in [0, 0.1) is 23.5 Å². The van der Waals surface area contributed by atoms with E-state index in [1.807, 2.05) is 0 Å². The van der Waals surface area contributed by atoms with Gasteiger partial charge in [-0.2, -0.15) is 0 Å². The summed E-state index contributed by atoms with van der Waals surface area (Å²) in [5.74, 6) is -0.147. The summed E-state index contributed by atoms with van der Waals surface area (Å²) in [5.41, 5.74) is 0.198. The predicted molar refractivity (Wildman–Crippen MR) is 83.9 cm³/mol. The number of hydrogen-bond donors (Lipinski definition) is 1. The highest BCUT2D eigenvalue weighted by Gasteiger charge is 2.18. The first-order valence-electron chi connectivity index (χ1n) is 7.28. The molecule has 1 aromatic carbocycles. The van der Waals surface area contributed by atoms with Crippen LogP contribution in [-0.4, -0.2) is 13.1 Å². The fourth-order valence-corrected chi connectivity index (χ4v) is 2.80. The lowest BCUT2D eigenvalue weighted by molar-refractivity contribution is 0.375. The molecule has 1 aromatic rings. The van der Waals surface area contributed by atoms with Gasteiger partial charge in [0, 0.05) is 5.56 Å². The molecular formula is C16H24BrF2N. The lowest BCUT2D eigenvalue weighted by Gasteiger charge is -2.20. The highest BCUT2D eigenvalue weighted by atomic mass is 79.9. The second kappa shape index (κ2) is 8.73. The Hall–Kier alpha value is -0.480. The normalized spacial score (nSPS) is 12.9. The number of halogens is 3. The molecule has 0 fully saturated rings. The second-order valence-corrected chi connectivity index (χ2v) is 6.58. The third-order valence-corrected chi connectivity index (χ3v) is 3.91. The molecule has 1 rings (SSSR count). The maximum absolute atomic E-state index is 14.0. The van der Waals surface area contributed by atoms with Gasteiger partial charge in [0.25, 0.3) is 0 Å². The molecule has 1 unspecified atom stereocenters. The van der Waals surface area contributed by atoms with E-state index in [1.165, 1.54) is 12.1 Å². The van der Waals surface area contributed by atoms with Crippen LogP contribution in [0.3, 0.4) is 0 Å². The van der Waals surface area contributed by atoms with E-state index in [9.17, 15) is 8.78 Å². The lowest BCUT2D eigenvalue weighted by atomic mass is 9.90. The summed E-state index contributed by atoms with van der Waals surface area (Å²) in [6.45, 7) is 8.13. The summed E-state index contributed by atoms with van der Waals surface area (Å²) in [7, 11) is 0. The maximum Gasteiger partial charge on any atom is 0.143 e. The van der Waals surface area contributed by atoms with Gasteiger partial charge in [0.1, 0.15) is 11.6 Å². The monoisotopic (exact) mass is 347 g/mol. The van der Waals surface area contributed by atoms with Gasteiger partial charge in [0.2, 0.25) is 0 Å².